The predicted octanol–water partition coefficient (Wildman–Crippen LogP) is 2.52. The molecule has 76 valence electrons. The zero-order chi connectivity index (χ0) is 10.4. The number of halogens is 1. The lowest BCUT2D eigenvalue weighted by atomic mass is 10.3. The Hall–Kier alpha value is -1.03. The molecule has 0 heterocycles. The van der Waals surface area contributed by atoms with Crippen LogP contribution in [0.15, 0.2) is 24.3 Å². The molecular weight excluding hydrogens is 201 g/mol. The van der Waals surface area contributed by atoms with Gasteiger partial charge in [0.05, 0.1) is 5.75 Å². The van der Waals surface area contributed by atoms with E-state index in [9.17, 15) is 9.18 Å². The van der Waals surface area contributed by atoms with Gasteiger partial charge in [0.15, 0.2) is 0 Å². The second-order valence-electron chi connectivity index (χ2n) is 2.69. The van der Waals surface area contributed by atoms with E-state index in [2.05, 4.69) is 5.32 Å². The van der Waals surface area contributed by atoms with Crippen LogP contribution in [-0.4, -0.2) is 17.4 Å². The van der Waals surface area contributed by atoms with Crippen molar-refractivity contribution in [3.63, 3.8) is 0 Å². The molecule has 0 aromatic heterocycles. The molecule has 1 amide bonds. The lowest BCUT2D eigenvalue weighted by Gasteiger charge is -2.03. The van der Waals surface area contributed by atoms with Gasteiger partial charge in [-0.15, -0.1) is 0 Å². The molecule has 0 fully saturated rings. The average Bonchev–Trinajstić information content (AvgIpc) is 2.18. The molecule has 1 N–H and O–H groups in total. The Morgan fingerprint density at radius 3 is 2.64 bits per heavy atom. The van der Waals surface area contributed by atoms with Crippen LogP contribution in [0.3, 0.4) is 0 Å². The van der Waals surface area contributed by atoms with Crippen LogP contribution in [0.4, 0.5) is 10.1 Å². The molecule has 4 heteroatoms. The fourth-order valence-electron chi connectivity index (χ4n) is 0.925. The van der Waals surface area contributed by atoms with Crippen molar-refractivity contribution in [2.24, 2.45) is 0 Å². The van der Waals surface area contributed by atoms with E-state index < -0.39 is 0 Å². The molecule has 2 nitrogen and oxygen atoms in total. The number of carbonyl (C=O) groups excluding carboxylic acids is 1. The molecule has 0 aliphatic heterocycles. The maximum atomic E-state index is 12.5. The van der Waals surface area contributed by atoms with Crippen molar-refractivity contribution in [2.45, 2.75) is 6.92 Å². The third kappa shape index (κ3) is 3.79. The molecule has 0 unspecified atom stereocenters. The van der Waals surface area contributed by atoms with Crippen LogP contribution in [0.25, 0.3) is 0 Å². The number of anilines is 1. The fraction of sp³-hybridized carbons (Fsp3) is 0.300. The van der Waals surface area contributed by atoms with E-state index in [1.165, 1.54) is 12.1 Å². The van der Waals surface area contributed by atoms with Gasteiger partial charge < -0.3 is 5.32 Å². The van der Waals surface area contributed by atoms with E-state index in [1.54, 1.807) is 23.9 Å². The Labute approximate surface area is 86.9 Å². The van der Waals surface area contributed by atoms with Gasteiger partial charge in [-0.2, -0.15) is 11.8 Å². The number of amides is 1. The maximum Gasteiger partial charge on any atom is 0.234 e. The minimum Gasteiger partial charge on any atom is -0.325 e. The highest BCUT2D eigenvalue weighted by molar-refractivity contribution is 7.99. The maximum absolute atomic E-state index is 12.5. The van der Waals surface area contributed by atoms with Crippen LogP contribution >= 0.6 is 11.8 Å². The van der Waals surface area contributed by atoms with Gasteiger partial charge in [-0.3, -0.25) is 4.79 Å². The van der Waals surface area contributed by atoms with E-state index >= 15 is 0 Å². The molecule has 0 saturated heterocycles. The monoisotopic (exact) mass is 213 g/mol. The predicted molar refractivity (Wildman–Crippen MR) is 58.0 cm³/mol. The van der Waals surface area contributed by atoms with E-state index in [4.69, 9.17) is 0 Å². The zero-order valence-electron chi connectivity index (χ0n) is 7.92. The molecule has 1 rings (SSSR count). The average molecular weight is 213 g/mol. The Balaban J connectivity index is 2.44. The first-order valence-corrected chi connectivity index (χ1v) is 5.51. The summed E-state index contributed by atoms with van der Waals surface area (Å²) >= 11 is 1.55. The van der Waals surface area contributed by atoms with E-state index in [0.29, 0.717) is 11.4 Å². The molecule has 0 aliphatic rings. The van der Waals surface area contributed by atoms with Crippen molar-refractivity contribution in [1.82, 2.24) is 0 Å². The lowest BCUT2D eigenvalue weighted by molar-refractivity contribution is -0.113. The number of benzene rings is 1. The molecular formula is C10H12FNOS. The first-order valence-electron chi connectivity index (χ1n) is 4.35. The van der Waals surface area contributed by atoms with Crippen LogP contribution in [0.5, 0.6) is 0 Å². The molecule has 0 saturated carbocycles. The zero-order valence-corrected chi connectivity index (χ0v) is 8.73. The van der Waals surface area contributed by atoms with Gasteiger partial charge in [-0.1, -0.05) is 6.92 Å². The van der Waals surface area contributed by atoms with Crippen molar-refractivity contribution >= 4 is 23.4 Å². The number of carbonyl (C=O) groups is 1. The van der Waals surface area contributed by atoms with E-state index in [0.717, 1.165) is 5.75 Å². The smallest absolute Gasteiger partial charge is 0.234 e. The van der Waals surface area contributed by atoms with Crippen LogP contribution in [-0.2, 0) is 4.79 Å². The van der Waals surface area contributed by atoms with Crippen molar-refractivity contribution in [1.29, 1.82) is 0 Å². The molecule has 1 aromatic carbocycles. The first kappa shape index (κ1) is 11.0. The molecule has 0 aliphatic carbocycles. The SMILES string of the molecule is CCSCC(=O)Nc1ccc(F)cc1. The quantitative estimate of drug-likeness (QED) is 0.832. The molecule has 0 atom stereocenters. The summed E-state index contributed by atoms with van der Waals surface area (Å²) in [5.41, 5.74) is 0.633. The topological polar surface area (TPSA) is 29.1 Å². The Morgan fingerprint density at radius 1 is 1.43 bits per heavy atom. The third-order valence-electron chi connectivity index (χ3n) is 1.57. The summed E-state index contributed by atoms with van der Waals surface area (Å²) in [5.74, 6) is 0.999. The van der Waals surface area contributed by atoms with Gasteiger partial charge in [-0.05, 0) is 30.0 Å². The molecule has 0 spiro atoms. The minimum atomic E-state index is -0.300. The summed E-state index contributed by atoms with van der Waals surface area (Å²) in [4.78, 5) is 11.2. The van der Waals surface area contributed by atoms with Crippen molar-refractivity contribution in [3.8, 4) is 0 Å². The summed E-state index contributed by atoms with van der Waals surface area (Å²) in [6, 6.07) is 5.73. The largest absolute Gasteiger partial charge is 0.325 e. The van der Waals surface area contributed by atoms with Gasteiger partial charge >= 0.3 is 0 Å². The summed E-state index contributed by atoms with van der Waals surface area (Å²) in [7, 11) is 0. The standard InChI is InChI=1S/C10H12FNOS/c1-2-14-7-10(13)12-9-5-3-8(11)4-6-9/h3-6H,2,7H2,1H3,(H,12,13). The summed E-state index contributed by atoms with van der Waals surface area (Å²) < 4.78 is 12.5. The normalized spacial score (nSPS) is 9.86. The van der Waals surface area contributed by atoms with Crippen LogP contribution in [0.1, 0.15) is 6.92 Å². The van der Waals surface area contributed by atoms with Gasteiger partial charge in [0.25, 0.3) is 0 Å². The van der Waals surface area contributed by atoms with Crippen molar-refractivity contribution < 1.29 is 9.18 Å². The Bertz CT molecular complexity index is 299. The summed E-state index contributed by atoms with van der Waals surface area (Å²) in [6.07, 6.45) is 0. The second kappa shape index (κ2) is 5.65. The van der Waals surface area contributed by atoms with E-state index in [-0.39, 0.29) is 11.7 Å². The van der Waals surface area contributed by atoms with E-state index in [1.807, 2.05) is 6.92 Å². The summed E-state index contributed by atoms with van der Waals surface area (Å²) in [6.45, 7) is 2.00. The van der Waals surface area contributed by atoms with Crippen molar-refractivity contribution in [2.75, 3.05) is 16.8 Å². The molecule has 0 radical (unpaired) electrons. The highest BCUT2D eigenvalue weighted by Gasteiger charge is 2.01. The fourth-order valence-corrected chi connectivity index (χ4v) is 1.39. The lowest BCUT2D eigenvalue weighted by Crippen LogP contribution is -2.14. The highest BCUT2D eigenvalue weighted by Crippen LogP contribution is 2.09. The Kier molecular flexibility index (Phi) is 4.46. The van der Waals surface area contributed by atoms with Gasteiger partial charge in [0.2, 0.25) is 5.91 Å². The van der Waals surface area contributed by atoms with Gasteiger partial charge in [-0.25, -0.2) is 4.39 Å². The first-order chi connectivity index (χ1) is 6.72. The number of thioether (sulfide) groups is 1. The second-order valence-corrected chi connectivity index (χ2v) is 3.97. The highest BCUT2D eigenvalue weighted by atomic mass is 32.2. The number of hydrogen-bond acceptors (Lipinski definition) is 2. The van der Waals surface area contributed by atoms with Crippen molar-refractivity contribution in [3.05, 3.63) is 30.1 Å². The van der Waals surface area contributed by atoms with Crippen LogP contribution < -0.4 is 5.32 Å². The molecule has 14 heavy (non-hydrogen) atoms. The Morgan fingerprint density at radius 2 is 2.07 bits per heavy atom. The van der Waals surface area contributed by atoms with Crippen LogP contribution in [0.2, 0.25) is 0 Å². The van der Waals surface area contributed by atoms with Crippen LogP contribution in [0, 0.1) is 5.82 Å². The number of hydrogen-bond donors (Lipinski definition) is 1. The van der Waals surface area contributed by atoms with Gasteiger partial charge in [0, 0.05) is 5.69 Å². The number of rotatable bonds is 4. The minimum absolute atomic E-state index is 0.0524. The summed E-state index contributed by atoms with van der Waals surface area (Å²) in [5, 5.41) is 2.68. The molecule has 1 aromatic rings. The number of nitrogens with one attached hydrogen (secondary N) is 1. The molecule has 0 bridgehead atoms. The third-order valence-corrected chi connectivity index (χ3v) is 2.44. The van der Waals surface area contributed by atoms with Gasteiger partial charge in [0.1, 0.15) is 5.82 Å².